The quantitative estimate of drug-likeness (QED) is 0.586. The Hall–Kier alpha value is -3.14. The molecule has 0 spiro atoms. The van der Waals surface area contributed by atoms with Crippen LogP contribution < -0.4 is 16.6 Å². The number of amides is 1. The minimum Gasteiger partial charge on any atom is -0.322 e. The Balaban J connectivity index is 1.85. The van der Waals surface area contributed by atoms with Crippen LogP contribution in [0.2, 0.25) is 5.02 Å². The first-order valence-corrected chi connectivity index (χ1v) is 10.3. The second kappa shape index (κ2) is 8.09. The molecule has 32 heavy (non-hydrogen) atoms. The summed E-state index contributed by atoms with van der Waals surface area (Å²) in [5.41, 5.74) is -2.07. The molecule has 4 rings (SSSR count). The number of carbonyl (C=O) groups is 1. The number of fused-ring (bicyclic) bond motifs is 1. The van der Waals surface area contributed by atoms with Gasteiger partial charge in [-0.05, 0) is 43.5 Å². The molecule has 0 atom stereocenters. The number of H-pyrrole nitrogens is 1. The molecule has 2 N–H and O–H groups in total. The lowest BCUT2D eigenvalue weighted by Gasteiger charge is -2.14. The zero-order valence-corrected chi connectivity index (χ0v) is 17.6. The lowest BCUT2D eigenvalue weighted by Crippen LogP contribution is -2.32. The van der Waals surface area contributed by atoms with Crippen LogP contribution in [-0.4, -0.2) is 20.4 Å². The number of pyridine rings is 1. The molecule has 1 aliphatic rings. The van der Waals surface area contributed by atoms with Crippen LogP contribution in [0.5, 0.6) is 0 Å². The first-order valence-electron chi connectivity index (χ1n) is 9.96. The molecule has 2 heterocycles. The molecule has 1 aliphatic carbocycles. The number of rotatable bonds is 5. The van der Waals surface area contributed by atoms with E-state index >= 15 is 0 Å². The SMILES string of the molecule is CCCn1c(=O)[nH]c(=O)c2c(C(=O)Nc3ccc(Cl)c(C(F)(F)F)c3)cc(C3CC3)nc21. The molecule has 0 bridgehead atoms. The second-order valence-electron chi connectivity index (χ2n) is 7.62. The van der Waals surface area contributed by atoms with E-state index in [4.69, 9.17) is 11.6 Å². The smallest absolute Gasteiger partial charge is 0.322 e. The van der Waals surface area contributed by atoms with Gasteiger partial charge in [-0.1, -0.05) is 18.5 Å². The topological polar surface area (TPSA) is 96.9 Å². The van der Waals surface area contributed by atoms with Gasteiger partial charge >= 0.3 is 11.9 Å². The monoisotopic (exact) mass is 466 g/mol. The van der Waals surface area contributed by atoms with E-state index in [2.05, 4.69) is 15.3 Å². The van der Waals surface area contributed by atoms with Crippen molar-refractivity contribution in [3.05, 3.63) is 66.9 Å². The molecule has 3 aromatic rings. The first-order chi connectivity index (χ1) is 15.1. The van der Waals surface area contributed by atoms with Gasteiger partial charge in [-0.3, -0.25) is 19.1 Å². The van der Waals surface area contributed by atoms with Crippen LogP contribution in [-0.2, 0) is 12.7 Å². The average Bonchev–Trinajstić information content (AvgIpc) is 3.56. The second-order valence-corrected chi connectivity index (χ2v) is 8.03. The Bertz CT molecular complexity index is 1340. The number of benzene rings is 1. The van der Waals surface area contributed by atoms with E-state index in [0.29, 0.717) is 12.1 Å². The van der Waals surface area contributed by atoms with E-state index in [0.717, 1.165) is 25.0 Å². The Morgan fingerprint density at radius 2 is 2.00 bits per heavy atom. The van der Waals surface area contributed by atoms with Gasteiger partial charge in [0, 0.05) is 23.8 Å². The standard InChI is InChI=1S/C21H18ClF3N4O3/c1-2-7-29-17-16(19(31)28-20(29)32)12(9-15(27-17)10-3-4-10)18(30)26-11-5-6-14(22)13(8-11)21(23,24)25/h5-6,8-10H,2-4,7H2,1H3,(H,26,30)(H,28,31,32). The van der Waals surface area contributed by atoms with Gasteiger partial charge in [0.25, 0.3) is 11.5 Å². The number of carbonyl (C=O) groups excluding carboxylic acids is 1. The van der Waals surface area contributed by atoms with E-state index in [1.54, 1.807) is 0 Å². The Morgan fingerprint density at radius 3 is 2.62 bits per heavy atom. The van der Waals surface area contributed by atoms with Crippen molar-refractivity contribution in [3.8, 4) is 0 Å². The maximum absolute atomic E-state index is 13.2. The summed E-state index contributed by atoms with van der Waals surface area (Å²) in [6.45, 7) is 2.13. The molecule has 1 amide bonds. The highest BCUT2D eigenvalue weighted by Gasteiger charge is 2.34. The van der Waals surface area contributed by atoms with Gasteiger partial charge in [0.15, 0.2) is 5.65 Å². The fraction of sp³-hybridized carbons (Fsp3) is 0.333. The van der Waals surface area contributed by atoms with Gasteiger partial charge in [0.05, 0.1) is 21.5 Å². The summed E-state index contributed by atoms with van der Waals surface area (Å²) in [7, 11) is 0. The summed E-state index contributed by atoms with van der Waals surface area (Å²) in [5, 5.41) is 1.81. The van der Waals surface area contributed by atoms with Gasteiger partial charge in [-0.2, -0.15) is 13.2 Å². The van der Waals surface area contributed by atoms with Crippen LogP contribution in [0.3, 0.4) is 0 Å². The molecule has 1 fully saturated rings. The number of aromatic amines is 1. The highest BCUT2D eigenvalue weighted by atomic mass is 35.5. The molecule has 7 nitrogen and oxygen atoms in total. The summed E-state index contributed by atoms with van der Waals surface area (Å²) in [5.74, 6) is -0.690. The normalized spacial score (nSPS) is 14.0. The molecule has 0 saturated heterocycles. The van der Waals surface area contributed by atoms with E-state index in [-0.39, 0.29) is 34.7 Å². The van der Waals surface area contributed by atoms with Crippen molar-refractivity contribution in [2.45, 2.75) is 44.8 Å². The molecule has 1 saturated carbocycles. The number of hydrogen-bond acceptors (Lipinski definition) is 4. The molecule has 168 valence electrons. The van der Waals surface area contributed by atoms with Crippen LogP contribution in [0.25, 0.3) is 11.0 Å². The zero-order chi connectivity index (χ0) is 23.2. The fourth-order valence-electron chi connectivity index (χ4n) is 3.51. The molecule has 2 aromatic heterocycles. The third kappa shape index (κ3) is 4.14. The number of aryl methyl sites for hydroxylation is 1. The number of anilines is 1. The van der Waals surface area contributed by atoms with Crippen LogP contribution in [0, 0.1) is 0 Å². The molecule has 0 aliphatic heterocycles. The number of alkyl halides is 3. The molecular formula is C21H18ClF3N4O3. The van der Waals surface area contributed by atoms with Crippen LogP contribution >= 0.6 is 11.6 Å². The fourth-order valence-corrected chi connectivity index (χ4v) is 3.74. The Kier molecular flexibility index (Phi) is 5.58. The summed E-state index contributed by atoms with van der Waals surface area (Å²) in [6, 6.07) is 4.46. The van der Waals surface area contributed by atoms with Crippen molar-refractivity contribution in [1.82, 2.24) is 14.5 Å². The molecule has 1 aromatic carbocycles. The van der Waals surface area contributed by atoms with E-state index in [1.807, 2.05) is 6.92 Å². The Morgan fingerprint density at radius 1 is 1.28 bits per heavy atom. The first kappa shape index (κ1) is 22.1. The summed E-state index contributed by atoms with van der Waals surface area (Å²) < 4.78 is 40.8. The number of nitrogens with zero attached hydrogens (tertiary/aromatic N) is 2. The largest absolute Gasteiger partial charge is 0.417 e. The third-order valence-corrected chi connectivity index (χ3v) is 5.52. The van der Waals surface area contributed by atoms with Crippen LogP contribution in [0.15, 0.2) is 33.9 Å². The van der Waals surface area contributed by atoms with Crippen molar-refractivity contribution in [1.29, 1.82) is 0 Å². The lowest BCUT2D eigenvalue weighted by molar-refractivity contribution is -0.137. The summed E-state index contributed by atoms with van der Waals surface area (Å²) in [6.07, 6.45) is -2.41. The van der Waals surface area contributed by atoms with Crippen LogP contribution in [0.4, 0.5) is 18.9 Å². The number of halogens is 4. The van der Waals surface area contributed by atoms with Crippen molar-refractivity contribution in [3.63, 3.8) is 0 Å². The number of nitrogens with one attached hydrogen (secondary N) is 2. The highest BCUT2D eigenvalue weighted by molar-refractivity contribution is 6.31. The average molecular weight is 467 g/mol. The van der Waals surface area contributed by atoms with E-state index in [9.17, 15) is 27.6 Å². The zero-order valence-electron chi connectivity index (χ0n) is 16.8. The lowest BCUT2D eigenvalue weighted by atomic mass is 10.1. The van der Waals surface area contributed by atoms with Gasteiger partial charge in [-0.25, -0.2) is 9.78 Å². The van der Waals surface area contributed by atoms with Crippen molar-refractivity contribution in [2.24, 2.45) is 0 Å². The maximum atomic E-state index is 13.2. The van der Waals surface area contributed by atoms with E-state index < -0.39 is 33.9 Å². The van der Waals surface area contributed by atoms with Gasteiger partial charge in [0.2, 0.25) is 0 Å². The number of hydrogen-bond donors (Lipinski definition) is 2. The third-order valence-electron chi connectivity index (χ3n) is 5.19. The molecule has 0 radical (unpaired) electrons. The minimum atomic E-state index is -4.70. The van der Waals surface area contributed by atoms with Crippen molar-refractivity contribution >= 4 is 34.2 Å². The van der Waals surface area contributed by atoms with Crippen molar-refractivity contribution in [2.75, 3.05) is 5.32 Å². The Labute approximate surface area is 184 Å². The molecular weight excluding hydrogens is 449 g/mol. The predicted octanol–water partition coefficient (Wildman–Crippen LogP) is 4.30. The predicted molar refractivity (Wildman–Crippen MR) is 113 cm³/mol. The number of aromatic nitrogens is 3. The van der Waals surface area contributed by atoms with Gasteiger partial charge < -0.3 is 5.32 Å². The summed E-state index contributed by atoms with van der Waals surface area (Å²) >= 11 is 5.64. The highest BCUT2D eigenvalue weighted by Crippen LogP contribution is 2.40. The van der Waals surface area contributed by atoms with Crippen molar-refractivity contribution < 1.29 is 18.0 Å². The van der Waals surface area contributed by atoms with E-state index in [1.165, 1.54) is 16.7 Å². The molecule has 0 unspecified atom stereocenters. The maximum Gasteiger partial charge on any atom is 0.417 e. The van der Waals surface area contributed by atoms with Gasteiger partial charge in [0.1, 0.15) is 0 Å². The molecule has 11 heteroatoms. The van der Waals surface area contributed by atoms with Gasteiger partial charge in [-0.15, -0.1) is 0 Å². The van der Waals surface area contributed by atoms with Crippen LogP contribution in [0.1, 0.15) is 53.7 Å². The minimum absolute atomic E-state index is 0.0634. The summed E-state index contributed by atoms with van der Waals surface area (Å²) in [4.78, 5) is 44.7.